The average Bonchev–Trinajstić information content (AvgIpc) is 4.12. The van der Waals surface area contributed by atoms with Crippen molar-refractivity contribution in [2.45, 2.75) is 24.7 Å². The van der Waals surface area contributed by atoms with Crippen molar-refractivity contribution in [1.82, 2.24) is 4.57 Å². The minimum absolute atomic E-state index is 0.187. The number of fused-ring (bicyclic) bond motifs is 16. The van der Waals surface area contributed by atoms with Crippen LogP contribution in [-0.4, -0.2) is 4.57 Å². The Morgan fingerprint density at radius 1 is 0.306 bits per heavy atom. The highest BCUT2D eigenvalue weighted by Crippen LogP contribution is 2.65. The zero-order valence-electron chi connectivity index (χ0n) is 40.1. The third-order valence-corrected chi connectivity index (χ3v) is 16.4. The summed E-state index contributed by atoms with van der Waals surface area (Å²) in [6.45, 7) is 4.77. The predicted molar refractivity (Wildman–Crippen MR) is 300 cm³/mol. The first kappa shape index (κ1) is 40.9. The van der Waals surface area contributed by atoms with Crippen LogP contribution in [0.25, 0.3) is 83.1 Å². The summed E-state index contributed by atoms with van der Waals surface area (Å²) in [5.74, 6) is 0. The van der Waals surface area contributed by atoms with Crippen molar-refractivity contribution < 1.29 is 0 Å². The minimum Gasteiger partial charge on any atom is -0.310 e. The van der Waals surface area contributed by atoms with E-state index in [4.69, 9.17) is 0 Å². The summed E-state index contributed by atoms with van der Waals surface area (Å²) in [4.78, 5) is 2.54. The number of hydrogen-bond acceptors (Lipinski definition) is 1. The van der Waals surface area contributed by atoms with Gasteiger partial charge >= 0.3 is 0 Å². The standard InChI is InChI=1S/C70H48N2/c1-69(2)60-31-14-9-26-52(60)55-38-37-50(43-64(55)69)71(48-24-19-25-49(41-48)72-66-35-18-13-29-56(66)59-40-47(36-39-67(59)72)45-20-5-3-6-21-45)51-42-58(46-22-7-4-8-23-46)68-57-30-12-17-34-63(57)70(65(68)44-51)61-32-15-10-27-53(61)54-28-11-16-33-62(54)70/h3-44H,1-2H3. The van der Waals surface area contributed by atoms with Gasteiger partial charge in [0, 0.05) is 38.9 Å². The van der Waals surface area contributed by atoms with E-state index in [2.05, 4.69) is 278 Å². The second-order valence-electron chi connectivity index (χ2n) is 20.4. The lowest BCUT2D eigenvalue weighted by molar-refractivity contribution is 0.660. The van der Waals surface area contributed by atoms with Gasteiger partial charge in [-0.25, -0.2) is 0 Å². The molecule has 338 valence electrons. The zero-order chi connectivity index (χ0) is 47.7. The fourth-order valence-corrected chi connectivity index (χ4v) is 13.3. The molecule has 0 fully saturated rings. The normalized spacial score (nSPS) is 13.9. The van der Waals surface area contributed by atoms with Gasteiger partial charge < -0.3 is 9.47 Å². The molecule has 0 unspecified atom stereocenters. The maximum Gasteiger partial charge on any atom is 0.0726 e. The molecule has 1 spiro atoms. The Morgan fingerprint density at radius 3 is 1.57 bits per heavy atom. The lowest BCUT2D eigenvalue weighted by Crippen LogP contribution is -2.26. The SMILES string of the molecule is CC1(C)c2ccccc2-c2ccc(N(c3cccc(-n4c5ccccc5c5cc(-c6ccccc6)ccc54)c3)c3cc(-c4ccccc4)c4c(c3)C3(c5ccccc5-c5ccccc53)c3ccccc3-4)cc21. The summed E-state index contributed by atoms with van der Waals surface area (Å²) in [7, 11) is 0. The van der Waals surface area contributed by atoms with Crippen molar-refractivity contribution in [3.05, 3.63) is 288 Å². The molecule has 3 aliphatic rings. The third kappa shape index (κ3) is 5.61. The van der Waals surface area contributed by atoms with Crippen molar-refractivity contribution in [3.8, 4) is 61.3 Å². The van der Waals surface area contributed by atoms with Crippen LogP contribution in [0, 0.1) is 0 Å². The second-order valence-corrected chi connectivity index (χ2v) is 20.4. The van der Waals surface area contributed by atoms with Crippen LogP contribution in [0.1, 0.15) is 47.2 Å². The first-order valence-corrected chi connectivity index (χ1v) is 25.3. The molecule has 0 saturated carbocycles. The molecule has 0 aliphatic heterocycles. The van der Waals surface area contributed by atoms with Crippen LogP contribution in [0.15, 0.2) is 255 Å². The van der Waals surface area contributed by atoms with Crippen LogP contribution in [-0.2, 0) is 10.8 Å². The number of hydrogen-bond donors (Lipinski definition) is 0. The molecule has 15 rings (SSSR count). The molecule has 2 nitrogen and oxygen atoms in total. The maximum atomic E-state index is 2.55. The lowest BCUT2D eigenvalue weighted by atomic mass is 9.70. The molecular weight excluding hydrogens is 869 g/mol. The summed E-state index contributed by atoms with van der Waals surface area (Å²) < 4.78 is 2.46. The first-order valence-electron chi connectivity index (χ1n) is 25.3. The fourth-order valence-electron chi connectivity index (χ4n) is 13.3. The largest absolute Gasteiger partial charge is 0.310 e. The van der Waals surface area contributed by atoms with Gasteiger partial charge in [0.1, 0.15) is 0 Å². The van der Waals surface area contributed by atoms with Crippen LogP contribution in [0.4, 0.5) is 17.1 Å². The van der Waals surface area contributed by atoms with Crippen LogP contribution in [0.2, 0.25) is 0 Å². The smallest absolute Gasteiger partial charge is 0.0726 e. The molecule has 0 bridgehead atoms. The highest BCUT2D eigenvalue weighted by atomic mass is 15.1. The Kier molecular flexibility index (Phi) is 8.66. The van der Waals surface area contributed by atoms with E-state index in [0.29, 0.717) is 0 Å². The summed E-state index contributed by atoms with van der Waals surface area (Å²) in [6.07, 6.45) is 0. The first-order chi connectivity index (χ1) is 35.5. The Morgan fingerprint density at radius 2 is 0.847 bits per heavy atom. The van der Waals surface area contributed by atoms with E-state index in [1.54, 1.807) is 0 Å². The monoisotopic (exact) mass is 916 g/mol. The number of para-hydroxylation sites is 1. The third-order valence-electron chi connectivity index (χ3n) is 16.4. The van der Waals surface area contributed by atoms with Gasteiger partial charge in [0.15, 0.2) is 0 Å². The van der Waals surface area contributed by atoms with Gasteiger partial charge in [-0.05, 0) is 150 Å². The van der Waals surface area contributed by atoms with Gasteiger partial charge in [-0.3, -0.25) is 0 Å². The maximum absolute atomic E-state index is 2.55. The summed E-state index contributed by atoms with van der Waals surface area (Å²) >= 11 is 0. The highest BCUT2D eigenvalue weighted by Gasteiger charge is 2.52. The van der Waals surface area contributed by atoms with Gasteiger partial charge in [-0.1, -0.05) is 208 Å². The van der Waals surface area contributed by atoms with Crippen molar-refractivity contribution >= 4 is 38.9 Å². The number of nitrogens with zero attached hydrogens (tertiary/aromatic N) is 2. The van der Waals surface area contributed by atoms with Gasteiger partial charge in [0.25, 0.3) is 0 Å². The zero-order valence-corrected chi connectivity index (χ0v) is 40.1. The highest BCUT2D eigenvalue weighted by molar-refractivity contribution is 6.11. The Bertz CT molecular complexity index is 4150. The molecule has 3 aliphatic carbocycles. The second kappa shape index (κ2) is 15.3. The molecule has 1 heterocycles. The van der Waals surface area contributed by atoms with Crippen molar-refractivity contribution in [2.24, 2.45) is 0 Å². The molecule has 0 atom stereocenters. The molecule has 0 radical (unpaired) electrons. The van der Waals surface area contributed by atoms with E-state index in [1.807, 2.05) is 0 Å². The predicted octanol–water partition coefficient (Wildman–Crippen LogP) is 18.2. The van der Waals surface area contributed by atoms with Crippen LogP contribution >= 0.6 is 0 Å². The molecule has 0 saturated heterocycles. The number of rotatable bonds is 6. The molecule has 72 heavy (non-hydrogen) atoms. The molecule has 0 N–H and O–H groups in total. The number of benzene rings is 11. The topological polar surface area (TPSA) is 8.17 Å². The molecule has 0 amide bonds. The minimum atomic E-state index is -0.532. The van der Waals surface area contributed by atoms with Gasteiger partial charge in [0.05, 0.1) is 16.4 Å². The van der Waals surface area contributed by atoms with E-state index < -0.39 is 5.41 Å². The van der Waals surface area contributed by atoms with E-state index in [-0.39, 0.29) is 5.41 Å². The Labute approximate surface area is 420 Å². The Hall–Kier alpha value is -8.98. The van der Waals surface area contributed by atoms with Crippen LogP contribution < -0.4 is 4.90 Å². The van der Waals surface area contributed by atoms with Gasteiger partial charge in [-0.2, -0.15) is 0 Å². The van der Waals surface area contributed by atoms with Crippen LogP contribution in [0.5, 0.6) is 0 Å². The molecule has 2 heteroatoms. The Balaban J connectivity index is 1.02. The van der Waals surface area contributed by atoms with E-state index in [1.165, 1.54) is 111 Å². The molecule has 1 aromatic heterocycles. The number of anilines is 3. The summed E-state index contributed by atoms with van der Waals surface area (Å²) in [5.41, 5.74) is 26.8. The van der Waals surface area contributed by atoms with E-state index >= 15 is 0 Å². The fraction of sp³-hybridized carbons (Fsp3) is 0.0571. The van der Waals surface area contributed by atoms with Gasteiger partial charge in [-0.15, -0.1) is 0 Å². The quantitative estimate of drug-likeness (QED) is 0.161. The van der Waals surface area contributed by atoms with Crippen molar-refractivity contribution in [3.63, 3.8) is 0 Å². The average molecular weight is 917 g/mol. The van der Waals surface area contributed by atoms with Gasteiger partial charge in [0.2, 0.25) is 0 Å². The number of aromatic nitrogens is 1. The molecule has 11 aromatic carbocycles. The van der Waals surface area contributed by atoms with Crippen molar-refractivity contribution in [1.29, 1.82) is 0 Å². The molecule has 12 aromatic rings. The van der Waals surface area contributed by atoms with E-state index in [0.717, 1.165) is 22.7 Å². The summed E-state index contributed by atoms with van der Waals surface area (Å²) in [6, 6.07) is 95.5. The summed E-state index contributed by atoms with van der Waals surface area (Å²) in [5, 5.41) is 2.48. The van der Waals surface area contributed by atoms with E-state index in [9.17, 15) is 0 Å². The van der Waals surface area contributed by atoms with Crippen LogP contribution in [0.3, 0.4) is 0 Å². The lowest BCUT2D eigenvalue weighted by Gasteiger charge is -2.33. The molecular formula is C70H48N2. The van der Waals surface area contributed by atoms with Crippen molar-refractivity contribution in [2.75, 3.05) is 4.90 Å².